The molecule has 1 aromatic rings. The maximum absolute atomic E-state index is 11.0. The zero-order valence-corrected chi connectivity index (χ0v) is 13.1. The van der Waals surface area contributed by atoms with Crippen molar-refractivity contribution in [2.24, 2.45) is 10.2 Å². The van der Waals surface area contributed by atoms with Crippen molar-refractivity contribution < 1.29 is 14.3 Å². The van der Waals surface area contributed by atoms with E-state index in [1.54, 1.807) is 19.2 Å². The number of halogens is 1. The second-order valence-electron chi connectivity index (χ2n) is 3.95. The van der Waals surface area contributed by atoms with Crippen LogP contribution in [0.1, 0.15) is 12.5 Å². The number of carbonyl (C=O) groups excluding carboxylic acids is 1. The van der Waals surface area contributed by atoms with Gasteiger partial charge in [-0.3, -0.25) is 4.79 Å². The van der Waals surface area contributed by atoms with Crippen molar-refractivity contribution in [1.29, 1.82) is 0 Å². The van der Waals surface area contributed by atoms with E-state index in [4.69, 9.17) is 21.1 Å². The van der Waals surface area contributed by atoms with Crippen LogP contribution in [0.5, 0.6) is 11.5 Å². The Kier molecular flexibility index (Phi) is 5.46. The number of nitrogens with one attached hydrogen (secondary N) is 1. The molecule has 0 saturated carbocycles. The fourth-order valence-electron chi connectivity index (χ4n) is 1.63. The molecule has 0 atom stereocenters. The molecule has 0 aliphatic carbocycles. The van der Waals surface area contributed by atoms with E-state index in [2.05, 4.69) is 15.5 Å². The number of nitrogens with zero attached hydrogens (tertiary/aromatic N) is 2. The molecule has 0 aromatic heterocycles. The summed E-state index contributed by atoms with van der Waals surface area (Å²) in [6.45, 7) is 2.36. The van der Waals surface area contributed by atoms with Gasteiger partial charge >= 0.3 is 0 Å². The van der Waals surface area contributed by atoms with Gasteiger partial charge in [-0.1, -0.05) is 23.4 Å². The highest BCUT2D eigenvalue weighted by Gasteiger charge is 2.16. The van der Waals surface area contributed by atoms with Crippen LogP contribution in [0.25, 0.3) is 0 Å². The molecule has 1 aromatic carbocycles. The molecule has 1 amide bonds. The van der Waals surface area contributed by atoms with Crippen LogP contribution in [-0.4, -0.2) is 36.8 Å². The van der Waals surface area contributed by atoms with Gasteiger partial charge < -0.3 is 14.8 Å². The Morgan fingerprint density at radius 3 is 2.95 bits per heavy atom. The van der Waals surface area contributed by atoms with Gasteiger partial charge in [0.05, 0.1) is 30.7 Å². The highest BCUT2D eigenvalue weighted by Crippen LogP contribution is 2.35. The van der Waals surface area contributed by atoms with E-state index in [1.807, 2.05) is 6.92 Å². The van der Waals surface area contributed by atoms with Crippen molar-refractivity contribution in [1.82, 2.24) is 5.32 Å². The van der Waals surface area contributed by atoms with Gasteiger partial charge in [0.25, 0.3) is 0 Å². The quantitative estimate of drug-likeness (QED) is 0.665. The first-order chi connectivity index (χ1) is 10.1. The third kappa shape index (κ3) is 4.12. The molecule has 0 bridgehead atoms. The van der Waals surface area contributed by atoms with Gasteiger partial charge in [-0.15, -0.1) is 5.10 Å². The van der Waals surface area contributed by atoms with E-state index in [1.165, 1.54) is 18.0 Å². The first-order valence-corrected chi connectivity index (χ1v) is 7.54. The number of ether oxygens (including phenoxy) is 2. The van der Waals surface area contributed by atoms with E-state index >= 15 is 0 Å². The SMILES string of the molecule is CCOc1c(Cl)cc(C=NN=C2NC(=O)CS2)cc1OC. The third-order valence-corrected chi connectivity index (χ3v) is 3.63. The minimum atomic E-state index is -0.0697. The lowest BCUT2D eigenvalue weighted by molar-refractivity contribution is -0.116. The summed E-state index contributed by atoms with van der Waals surface area (Å²) in [7, 11) is 1.54. The number of thioether (sulfide) groups is 1. The number of rotatable bonds is 5. The Morgan fingerprint density at radius 2 is 2.33 bits per heavy atom. The van der Waals surface area contributed by atoms with E-state index in [9.17, 15) is 4.79 Å². The van der Waals surface area contributed by atoms with Crippen LogP contribution >= 0.6 is 23.4 Å². The molecule has 1 heterocycles. The Hall–Kier alpha value is -1.73. The number of amides is 1. The first kappa shape index (κ1) is 15.7. The summed E-state index contributed by atoms with van der Waals surface area (Å²) in [5, 5.41) is 11.4. The van der Waals surface area contributed by atoms with E-state index in [-0.39, 0.29) is 5.91 Å². The smallest absolute Gasteiger partial charge is 0.236 e. The molecule has 1 N–H and O–H groups in total. The molecule has 1 fully saturated rings. The fourth-order valence-corrected chi connectivity index (χ4v) is 2.53. The lowest BCUT2D eigenvalue weighted by Gasteiger charge is -2.11. The van der Waals surface area contributed by atoms with Gasteiger partial charge in [-0.2, -0.15) is 5.10 Å². The molecular weight excluding hydrogens is 314 g/mol. The van der Waals surface area contributed by atoms with E-state index < -0.39 is 0 Å². The molecule has 0 unspecified atom stereocenters. The largest absolute Gasteiger partial charge is 0.493 e. The van der Waals surface area contributed by atoms with Crippen LogP contribution in [0.3, 0.4) is 0 Å². The van der Waals surface area contributed by atoms with Crippen molar-refractivity contribution in [3.8, 4) is 11.5 Å². The molecule has 1 aliphatic heterocycles. The molecule has 0 radical (unpaired) electrons. The third-order valence-electron chi connectivity index (χ3n) is 2.48. The minimum absolute atomic E-state index is 0.0697. The van der Waals surface area contributed by atoms with Crippen molar-refractivity contribution in [3.05, 3.63) is 22.7 Å². The summed E-state index contributed by atoms with van der Waals surface area (Å²) in [5.74, 6) is 1.34. The van der Waals surface area contributed by atoms with Crippen LogP contribution in [0.15, 0.2) is 22.3 Å². The zero-order valence-electron chi connectivity index (χ0n) is 11.6. The second kappa shape index (κ2) is 7.33. The van der Waals surface area contributed by atoms with Crippen LogP contribution in [0, 0.1) is 0 Å². The summed E-state index contributed by atoms with van der Waals surface area (Å²) in [5.41, 5.74) is 0.721. The van der Waals surface area contributed by atoms with Gasteiger partial charge in [-0.25, -0.2) is 0 Å². The number of methoxy groups -OCH3 is 1. The summed E-state index contributed by atoms with van der Waals surface area (Å²) in [6.07, 6.45) is 1.53. The average Bonchev–Trinajstić information content (AvgIpc) is 2.87. The first-order valence-electron chi connectivity index (χ1n) is 6.18. The van der Waals surface area contributed by atoms with Crippen molar-refractivity contribution in [2.75, 3.05) is 19.5 Å². The minimum Gasteiger partial charge on any atom is -0.493 e. The lowest BCUT2D eigenvalue weighted by atomic mass is 10.2. The molecule has 2 rings (SSSR count). The molecule has 8 heteroatoms. The number of benzene rings is 1. The summed E-state index contributed by atoms with van der Waals surface area (Å²) in [6, 6.07) is 3.46. The van der Waals surface area contributed by atoms with Gasteiger partial charge in [0, 0.05) is 5.56 Å². The van der Waals surface area contributed by atoms with Crippen LogP contribution < -0.4 is 14.8 Å². The highest BCUT2D eigenvalue weighted by atomic mass is 35.5. The Morgan fingerprint density at radius 1 is 1.52 bits per heavy atom. The van der Waals surface area contributed by atoms with Crippen molar-refractivity contribution in [2.45, 2.75) is 6.92 Å². The lowest BCUT2D eigenvalue weighted by Crippen LogP contribution is -2.19. The standard InChI is InChI=1S/C13H14ClN3O3S/c1-3-20-12-9(14)4-8(5-10(12)19-2)6-15-17-13-16-11(18)7-21-13/h4-6H,3,7H2,1-2H3,(H,16,17,18). The predicted molar refractivity (Wildman–Crippen MR) is 84.8 cm³/mol. The topological polar surface area (TPSA) is 72.3 Å². The van der Waals surface area contributed by atoms with Crippen molar-refractivity contribution in [3.63, 3.8) is 0 Å². The molecule has 1 aliphatic rings. The molecule has 112 valence electrons. The summed E-state index contributed by atoms with van der Waals surface area (Å²) in [4.78, 5) is 11.0. The second-order valence-corrected chi connectivity index (χ2v) is 5.32. The molecule has 1 saturated heterocycles. The highest BCUT2D eigenvalue weighted by molar-refractivity contribution is 8.15. The fraction of sp³-hybridized carbons (Fsp3) is 0.308. The van der Waals surface area contributed by atoms with Gasteiger partial charge in [0.1, 0.15) is 0 Å². The maximum atomic E-state index is 11.0. The van der Waals surface area contributed by atoms with E-state index in [0.29, 0.717) is 34.0 Å². The van der Waals surface area contributed by atoms with E-state index in [0.717, 1.165) is 5.56 Å². The number of hydrogen-bond acceptors (Lipinski definition) is 6. The molecule has 21 heavy (non-hydrogen) atoms. The van der Waals surface area contributed by atoms with Crippen molar-refractivity contribution >= 4 is 40.7 Å². The van der Waals surface area contributed by atoms with Gasteiger partial charge in [-0.05, 0) is 19.1 Å². The summed E-state index contributed by atoms with van der Waals surface area (Å²) < 4.78 is 10.7. The maximum Gasteiger partial charge on any atom is 0.236 e. The molecular formula is C13H14ClN3O3S. The number of amidine groups is 1. The summed E-state index contributed by atoms with van der Waals surface area (Å²) >= 11 is 7.46. The Labute approximate surface area is 131 Å². The number of carbonyl (C=O) groups is 1. The molecule has 6 nitrogen and oxygen atoms in total. The van der Waals surface area contributed by atoms with Crippen LogP contribution in [0.4, 0.5) is 0 Å². The number of hydrogen-bond donors (Lipinski definition) is 1. The van der Waals surface area contributed by atoms with Gasteiger partial charge in [0.15, 0.2) is 16.7 Å². The monoisotopic (exact) mass is 327 g/mol. The predicted octanol–water partition coefficient (Wildman–Crippen LogP) is 2.30. The van der Waals surface area contributed by atoms with Crippen LogP contribution in [-0.2, 0) is 4.79 Å². The molecule has 0 spiro atoms. The zero-order chi connectivity index (χ0) is 15.2. The van der Waals surface area contributed by atoms with Crippen LogP contribution in [0.2, 0.25) is 5.02 Å². The Balaban J connectivity index is 2.17. The van der Waals surface area contributed by atoms with Gasteiger partial charge in [0.2, 0.25) is 5.91 Å². The Bertz CT molecular complexity index is 605. The average molecular weight is 328 g/mol. The normalized spacial score (nSPS) is 16.5.